The highest BCUT2D eigenvalue weighted by molar-refractivity contribution is 5.22. The molecule has 2 N–H and O–H groups in total. The number of aryl methyl sites for hydroxylation is 1. The lowest BCUT2D eigenvalue weighted by Gasteiger charge is -2.28. The van der Waals surface area contributed by atoms with Gasteiger partial charge in [-0.25, -0.2) is 0 Å². The molecule has 1 heteroatoms. The van der Waals surface area contributed by atoms with Crippen LogP contribution in [0.1, 0.15) is 43.7 Å². The van der Waals surface area contributed by atoms with Gasteiger partial charge in [0.25, 0.3) is 0 Å². The van der Waals surface area contributed by atoms with Gasteiger partial charge in [-0.1, -0.05) is 43.2 Å². The molecule has 0 radical (unpaired) electrons. The van der Waals surface area contributed by atoms with Crippen LogP contribution in [-0.4, -0.2) is 6.54 Å². The van der Waals surface area contributed by atoms with Gasteiger partial charge < -0.3 is 5.73 Å². The van der Waals surface area contributed by atoms with Crippen molar-refractivity contribution in [2.75, 3.05) is 6.54 Å². The Bertz CT molecular complexity index is 354. The van der Waals surface area contributed by atoms with E-state index in [9.17, 15) is 0 Å². The Hall–Kier alpha value is -0.820. The zero-order valence-electron chi connectivity index (χ0n) is 11.2. The molecular weight excluding hydrogens is 206 g/mol. The highest BCUT2D eigenvalue weighted by atomic mass is 14.6. The summed E-state index contributed by atoms with van der Waals surface area (Å²) in [6.45, 7) is 5.30. The van der Waals surface area contributed by atoms with E-state index in [1.165, 1.54) is 43.2 Å². The van der Waals surface area contributed by atoms with E-state index in [4.69, 9.17) is 5.73 Å². The van der Waals surface area contributed by atoms with Crippen molar-refractivity contribution in [3.63, 3.8) is 0 Å². The molecule has 2 rings (SSSR count). The van der Waals surface area contributed by atoms with Crippen LogP contribution in [0.15, 0.2) is 24.3 Å². The molecule has 1 aliphatic rings. The molecule has 1 fully saturated rings. The van der Waals surface area contributed by atoms with Gasteiger partial charge in [0, 0.05) is 0 Å². The van der Waals surface area contributed by atoms with Gasteiger partial charge in [0.1, 0.15) is 0 Å². The van der Waals surface area contributed by atoms with Gasteiger partial charge in [0.05, 0.1) is 0 Å². The van der Waals surface area contributed by atoms with Crippen LogP contribution in [0.5, 0.6) is 0 Å². The van der Waals surface area contributed by atoms with Crippen LogP contribution >= 0.6 is 0 Å². The lowest BCUT2D eigenvalue weighted by molar-refractivity contribution is 0.290. The second-order valence-corrected chi connectivity index (χ2v) is 5.88. The molecule has 94 valence electrons. The van der Waals surface area contributed by atoms with Crippen molar-refractivity contribution < 1.29 is 0 Å². The molecule has 0 aromatic heterocycles. The summed E-state index contributed by atoms with van der Waals surface area (Å²) in [5, 5.41) is 0. The Labute approximate surface area is 105 Å². The van der Waals surface area contributed by atoms with Gasteiger partial charge in [0.2, 0.25) is 0 Å². The van der Waals surface area contributed by atoms with E-state index in [2.05, 4.69) is 38.1 Å². The maximum atomic E-state index is 6.06. The molecule has 0 amide bonds. The van der Waals surface area contributed by atoms with Crippen molar-refractivity contribution in [3.05, 3.63) is 35.4 Å². The van der Waals surface area contributed by atoms with Crippen LogP contribution in [0.3, 0.4) is 0 Å². The summed E-state index contributed by atoms with van der Waals surface area (Å²) in [4.78, 5) is 0. The quantitative estimate of drug-likeness (QED) is 0.840. The SMILES string of the molecule is CCC1CCC(CN)(Cc2ccc(C)cc2)C1. The van der Waals surface area contributed by atoms with Gasteiger partial charge in [-0.2, -0.15) is 0 Å². The van der Waals surface area contributed by atoms with Crippen LogP contribution < -0.4 is 5.73 Å². The van der Waals surface area contributed by atoms with Gasteiger partial charge in [-0.15, -0.1) is 0 Å². The zero-order valence-corrected chi connectivity index (χ0v) is 11.2. The van der Waals surface area contributed by atoms with Crippen LogP contribution in [-0.2, 0) is 6.42 Å². The summed E-state index contributed by atoms with van der Waals surface area (Å²) in [5.74, 6) is 0.906. The van der Waals surface area contributed by atoms with Crippen molar-refractivity contribution in [2.45, 2.75) is 46.0 Å². The Kier molecular flexibility index (Phi) is 3.88. The summed E-state index contributed by atoms with van der Waals surface area (Å²) >= 11 is 0. The average molecular weight is 231 g/mol. The lowest BCUT2D eigenvalue weighted by atomic mass is 9.79. The standard InChI is InChI=1S/C16H25N/c1-3-14-8-9-16(10-14,12-17)11-15-6-4-13(2)5-7-15/h4-7,14H,3,8-12,17H2,1-2H3. The Morgan fingerprint density at radius 2 is 2.00 bits per heavy atom. The highest BCUT2D eigenvalue weighted by Crippen LogP contribution is 2.44. The normalized spacial score (nSPS) is 28.5. The van der Waals surface area contributed by atoms with E-state index in [-0.39, 0.29) is 0 Å². The summed E-state index contributed by atoms with van der Waals surface area (Å²) in [7, 11) is 0. The molecule has 2 unspecified atom stereocenters. The Morgan fingerprint density at radius 3 is 2.53 bits per heavy atom. The van der Waals surface area contributed by atoms with E-state index in [1.807, 2.05) is 0 Å². The zero-order chi connectivity index (χ0) is 12.3. The first kappa shape index (κ1) is 12.6. The maximum Gasteiger partial charge on any atom is -0.00172 e. The number of rotatable bonds is 4. The van der Waals surface area contributed by atoms with E-state index in [0.717, 1.165) is 12.5 Å². The number of benzene rings is 1. The first-order chi connectivity index (χ1) is 8.17. The van der Waals surface area contributed by atoms with Crippen LogP contribution in [0.2, 0.25) is 0 Å². The molecule has 0 aliphatic heterocycles. The summed E-state index contributed by atoms with van der Waals surface area (Å²) in [6.07, 6.45) is 6.50. The molecule has 0 saturated heterocycles. The second kappa shape index (κ2) is 5.22. The van der Waals surface area contributed by atoms with Crippen molar-refractivity contribution >= 4 is 0 Å². The lowest BCUT2D eigenvalue weighted by Crippen LogP contribution is -2.30. The third-order valence-electron chi connectivity index (χ3n) is 4.51. The monoisotopic (exact) mass is 231 g/mol. The van der Waals surface area contributed by atoms with E-state index in [0.29, 0.717) is 5.41 Å². The molecule has 1 aromatic rings. The summed E-state index contributed by atoms with van der Waals surface area (Å²) in [5.41, 5.74) is 9.25. The molecule has 1 aliphatic carbocycles. The van der Waals surface area contributed by atoms with E-state index in [1.54, 1.807) is 0 Å². The fourth-order valence-electron chi connectivity index (χ4n) is 3.23. The molecule has 2 atom stereocenters. The smallest absolute Gasteiger partial charge is 0.00172 e. The van der Waals surface area contributed by atoms with Crippen molar-refractivity contribution in [1.82, 2.24) is 0 Å². The minimum atomic E-state index is 0.385. The molecule has 1 saturated carbocycles. The molecule has 0 spiro atoms. The fraction of sp³-hybridized carbons (Fsp3) is 0.625. The topological polar surface area (TPSA) is 26.0 Å². The largest absolute Gasteiger partial charge is 0.330 e. The number of hydrogen-bond donors (Lipinski definition) is 1. The predicted octanol–water partition coefficient (Wildman–Crippen LogP) is 3.69. The van der Waals surface area contributed by atoms with Gasteiger partial charge in [0.15, 0.2) is 0 Å². The first-order valence-electron chi connectivity index (χ1n) is 6.93. The fourth-order valence-corrected chi connectivity index (χ4v) is 3.23. The van der Waals surface area contributed by atoms with Crippen molar-refractivity contribution in [3.8, 4) is 0 Å². The maximum absolute atomic E-state index is 6.06. The Balaban J connectivity index is 2.07. The van der Waals surface area contributed by atoms with Crippen LogP contribution in [0.25, 0.3) is 0 Å². The molecule has 0 heterocycles. The van der Waals surface area contributed by atoms with Gasteiger partial charge in [-0.3, -0.25) is 0 Å². The van der Waals surface area contributed by atoms with E-state index < -0.39 is 0 Å². The van der Waals surface area contributed by atoms with E-state index >= 15 is 0 Å². The second-order valence-electron chi connectivity index (χ2n) is 5.88. The average Bonchev–Trinajstić information content (AvgIpc) is 2.76. The third-order valence-corrected chi connectivity index (χ3v) is 4.51. The summed E-state index contributed by atoms with van der Waals surface area (Å²) in [6, 6.07) is 8.97. The third kappa shape index (κ3) is 2.90. The van der Waals surface area contributed by atoms with Crippen LogP contribution in [0.4, 0.5) is 0 Å². The summed E-state index contributed by atoms with van der Waals surface area (Å²) < 4.78 is 0. The van der Waals surface area contributed by atoms with Gasteiger partial charge in [-0.05, 0) is 56.0 Å². The first-order valence-corrected chi connectivity index (χ1v) is 6.93. The molecule has 17 heavy (non-hydrogen) atoms. The Morgan fingerprint density at radius 1 is 1.29 bits per heavy atom. The number of hydrogen-bond acceptors (Lipinski definition) is 1. The van der Waals surface area contributed by atoms with Gasteiger partial charge >= 0.3 is 0 Å². The van der Waals surface area contributed by atoms with Crippen molar-refractivity contribution in [1.29, 1.82) is 0 Å². The minimum Gasteiger partial charge on any atom is -0.330 e. The number of nitrogens with two attached hydrogens (primary N) is 1. The molecule has 1 aromatic carbocycles. The molecular formula is C16H25N. The minimum absolute atomic E-state index is 0.385. The highest BCUT2D eigenvalue weighted by Gasteiger charge is 2.37. The van der Waals surface area contributed by atoms with Crippen LogP contribution in [0, 0.1) is 18.3 Å². The molecule has 1 nitrogen and oxygen atoms in total. The predicted molar refractivity (Wildman–Crippen MR) is 74.0 cm³/mol. The molecule has 0 bridgehead atoms. The van der Waals surface area contributed by atoms with Crippen molar-refractivity contribution in [2.24, 2.45) is 17.1 Å².